The fraction of sp³-hybridized carbons (Fsp3) is 0.276. The summed E-state index contributed by atoms with van der Waals surface area (Å²) in [5, 5.41) is 1.06. The van der Waals surface area contributed by atoms with Gasteiger partial charge in [0.25, 0.3) is 0 Å². The molecule has 2 heterocycles. The minimum Gasteiger partial charge on any atom is -0.347 e. The summed E-state index contributed by atoms with van der Waals surface area (Å²) in [4.78, 5) is 18.2. The molecule has 0 unspecified atom stereocenters. The maximum atomic E-state index is 13.4. The molecular formula is C29H31N3O. The van der Waals surface area contributed by atoms with Gasteiger partial charge in [-0.25, -0.2) is 0 Å². The fourth-order valence-corrected chi connectivity index (χ4v) is 5.22. The normalized spacial score (nSPS) is 15.4. The number of aryl methyl sites for hydroxylation is 1. The highest BCUT2D eigenvalue weighted by atomic mass is 16.1. The molecule has 0 N–H and O–H groups in total. The van der Waals surface area contributed by atoms with Crippen LogP contribution in [0.3, 0.4) is 0 Å². The first-order chi connectivity index (χ1) is 16.1. The number of ketones is 1. The van der Waals surface area contributed by atoms with E-state index in [1.54, 1.807) is 0 Å². The highest BCUT2D eigenvalue weighted by Crippen LogP contribution is 2.30. The first kappa shape index (κ1) is 21.6. The summed E-state index contributed by atoms with van der Waals surface area (Å²) >= 11 is 0. The van der Waals surface area contributed by atoms with Crippen LogP contribution in [-0.4, -0.2) is 52.9 Å². The number of carbonyl (C=O) groups excluding carboxylic acids is 1. The van der Waals surface area contributed by atoms with Crippen LogP contribution in [0.15, 0.2) is 84.9 Å². The van der Waals surface area contributed by atoms with Gasteiger partial charge in [0.1, 0.15) is 0 Å². The average molecular weight is 438 g/mol. The maximum absolute atomic E-state index is 13.4. The zero-order valence-corrected chi connectivity index (χ0v) is 19.4. The molecule has 1 saturated heterocycles. The molecule has 4 heteroatoms. The zero-order valence-electron chi connectivity index (χ0n) is 19.4. The number of piperazine rings is 1. The topological polar surface area (TPSA) is 28.5 Å². The van der Waals surface area contributed by atoms with Crippen molar-refractivity contribution in [2.75, 3.05) is 32.7 Å². The van der Waals surface area contributed by atoms with Crippen LogP contribution in [0, 0.1) is 6.92 Å². The van der Waals surface area contributed by atoms with Gasteiger partial charge in [-0.2, -0.15) is 0 Å². The lowest BCUT2D eigenvalue weighted by atomic mass is 9.96. The van der Waals surface area contributed by atoms with Crippen molar-refractivity contribution in [2.24, 2.45) is 7.05 Å². The number of nitrogens with zero attached hydrogens (tertiary/aromatic N) is 3. The maximum Gasteiger partial charge on any atom is 0.179 e. The molecule has 4 nitrogen and oxygen atoms in total. The Hall–Kier alpha value is -3.21. The van der Waals surface area contributed by atoms with Crippen molar-refractivity contribution in [1.82, 2.24) is 14.4 Å². The molecule has 4 aromatic rings. The first-order valence-corrected chi connectivity index (χ1v) is 11.8. The Morgan fingerprint density at radius 1 is 0.788 bits per heavy atom. The van der Waals surface area contributed by atoms with Crippen LogP contribution in [0.4, 0.5) is 0 Å². The highest BCUT2D eigenvalue weighted by Gasteiger charge is 2.28. The predicted octanol–water partition coefficient (Wildman–Crippen LogP) is 5.08. The van der Waals surface area contributed by atoms with Gasteiger partial charge in [0, 0.05) is 55.4 Å². The molecule has 0 spiro atoms. The molecule has 5 rings (SSSR count). The molecule has 0 saturated carbocycles. The quantitative estimate of drug-likeness (QED) is 0.394. The van der Waals surface area contributed by atoms with Gasteiger partial charge in [-0.3, -0.25) is 14.6 Å². The lowest BCUT2D eigenvalue weighted by Crippen LogP contribution is -2.49. The number of para-hydroxylation sites is 1. The first-order valence-electron chi connectivity index (χ1n) is 11.8. The summed E-state index contributed by atoms with van der Waals surface area (Å²) in [7, 11) is 2.04. The third-order valence-corrected chi connectivity index (χ3v) is 7.05. The molecule has 1 fully saturated rings. The number of rotatable bonds is 6. The number of carbonyl (C=O) groups is 1. The second-order valence-electron chi connectivity index (χ2n) is 9.00. The Morgan fingerprint density at radius 3 is 1.94 bits per heavy atom. The van der Waals surface area contributed by atoms with Crippen molar-refractivity contribution in [1.29, 1.82) is 0 Å². The Labute approximate surface area is 196 Å². The summed E-state index contributed by atoms with van der Waals surface area (Å²) < 4.78 is 2.13. The molecule has 0 aliphatic carbocycles. The van der Waals surface area contributed by atoms with E-state index < -0.39 is 0 Å². The van der Waals surface area contributed by atoms with E-state index in [2.05, 4.69) is 94.1 Å². The van der Waals surface area contributed by atoms with Crippen molar-refractivity contribution in [3.63, 3.8) is 0 Å². The summed E-state index contributed by atoms with van der Waals surface area (Å²) in [5.41, 5.74) is 5.69. The van der Waals surface area contributed by atoms with Gasteiger partial charge < -0.3 is 4.57 Å². The molecule has 168 valence electrons. The summed E-state index contributed by atoms with van der Waals surface area (Å²) in [6.07, 6.45) is 0. The van der Waals surface area contributed by atoms with Crippen molar-refractivity contribution >= 4 is 16.7 Å². The van der Waals surface area contributed by atoms with E-state index >= 15 is 0 Å². The highest BCUT2D eigenvalue weighted by molar-refractivity contribution is 6.10. The number of fused-ring (bicyclic) bond motifs is 1. The second kappa shape index (κ2) is 9.34. The second-order valence-corrected chi connectivity index (χ2v) is 9.00. The zero-order chi connectivity index (χ0) is 22.8. The van der Waals surface area contributed by atoms with E-state index in [1.165, 1.54) is 11.1 Å². The minimum atomic E-state index is 0.223. The van der Waals surface area contributed by atoms with Crippen LogP contribution in [0.1, 0.15) is 33.2 Å². The number of hydrogen-bond acceptors (Lipinski definition) is 3. The molecule has 1 aromatic heterocycles. The van der Waals surface area contributed by atoms with Crippen LogP contribution in [0.5, 0.6) is 0 Å². The molecule has 0 amide bonds. The van der Waals surface area contributed by atoms with Crippen LogP contribution in [-0.2, 0) is 7.05 Å². The third-order valence-electron chi connectivity index (χ3n) is 7.05. The number of Topliss-reactive ketones (excluding diaryl/α,β-unsaturated/α-hetero) is 1. The van der Waals surface area contributed by atoms with E-state index in [0.29, 0.717) is 6.54 Å². The van der Waals surface area contributed by atoms with Crippen molar-refractivity contribution in [3.05, 3.63) is 107 Å². The fourth-order valence-electron chi connectivity index (χ4n) is 5.22. The number of benzene rings is 3. The van der Waals surface area contributed by atoms with Crippen molar-refractivity contribution in [3.8, 4) is 0 Å². The van der Waals surface area contributed by atoms with E-state index in [4.69, 9.17) is 0 Å². The number of aromatic nitrogens is 1. The summed E-state index contributed by atoms with van der Waals surface area (Å²) in [6.45, 7) is 6.20. The largest absolute Gasteiger partial charge is 0.347 e. The lowest BCUT2D eigenvalue weighted by Gasteiger charge is -2.39. The van der Waals surface area contributed by atoms with E-state index in [9.17, 15) is 4.79 Å². The Morgan fingerprint density at radius 2 is 1.33 bits per heavy atom. The predicted molar refractivity (Wildman–Crippen MR) is 135 cm³/mol. The molecule has 0 atom stereocenters. The Bertz CT molecular complexity index is 1200. The summed E-state index contributed by atoms with van der Waals surface area (Å²) in [5.74, 6) is 0.223. The van der Waals surface area contributed by atoms with Gasteiger partial charge in [0.2, 0.25) is 0 Å². The van der Waals surface area contributed by atoms with E-state index in [0.717, 1.165) is 48.3 Å². The molecule has 1 aliphatic heterocycles. The Balaban J connectivity index is 1.31. The van der Waals surface area contributed by atoms with Gasteiger partial charge in [-0.15, -0.1) is 0 Å². The van der Waals surface area contributed by atoms with Crippen molar-refractivity contribution < 1.29 is 4.79 Å². The lowest BCUT2D eigenvalue weighted by molar-refractivity contribution is 0.0808. The van der Waals surface area contributed by atoms with Crippen LogP contribution < -0.4 is 0 Å². The van der Waals surface area contributed by atoms with Crippen LogP contribution >= 0.6 is 0 Å². The Kier molecular flexibility index (Phi) is 6.12. The number of hydrogen-bond donors (Lipinski definition) is 0. The van der Waals surface area contributed by atoms with Gasteiger partial charge in [0.05, 0.1) is 12.6 Å². The van der Waals surface area contributed by atoms with Gasteiger partial charge in [-0.1, -0.05) is 78.9 Å². The smallest absolute Gasteiger partial charge is 0.179 e. The molecule has 0 bridgehead atoms. The molecule has 0 radical (unpaired) electrons. The molecule has 1 aliphatic rings. The van der Waals surface area contributed by atoms with Gasteiger partial charge in [-0.05, 0) is 24.1 Å². The molecule has 3 aromatic carbocycles. The third kappa shape index (κ3) is 4.24. The van der Waals surface area contributed by atoms with Crippen LogP contribution in [0.25, 0.3) is 10.9 Å². The SMILES string of the molecule is Cc1c(C(=O)CN2CCN(C(c3ccccc3)c3ccccc3)CC2)c2ccccc2n1C. The molecular weight excluding hydrogens is 406 g/mol. The van der Waals surface area contributed by atoms with E-state index in [-0.39, 0.29) is 11.8 Å². The minimum absolute atomic E-state index is 0.223. The average Bonchev–Trinajstić information content (AvgIpc) is 3.12. The van der Waals surface area contributed by atoms with Gasteiger partial charge in [0.15, 0.2) is 5.78 Å². The standard InChI is InChI=1S/C29H31N3O/c1-22-28(25-15-9-10-16-26(25)30(22)2)27(33)21-31-17-19-32(20-18-31)29(23-11-5-3-6-12-23)24-13-7-4-8-14-24/h3-16,29H,17-21H2,1-2H3. The van der Waals surface area contributed by atoms with Crippen LogP contribution in [0.2, 0.25) is 0 Å². The van der Waals surface area contributed by atoms with Crippen molar-refractivity contribution in [2.45, 2.75) is 13.0 Å². The van der Waals surface area contributed by atoms with Gasteiger partial charge >= 0.3 is 0 Å². The van der Waals surface area contributed by atoms with E-state index in [1.807, 2.05) is 19.2 Å². The summed E-state index contributed by atoms with van der Waals surface area (Å²) in [6, 6.07) is 29.9. The monoisotopic (exact) mass is 437 g/mol. The molecule has 33 heavy (non-hydrogen) atoms.